The van der Waals surface area contributed by atoms with E-state index in [1.165, 1.54) is 5.56 Å². The molecule has 118 valence electrons. The Morgan fingerprint density at radius 2 is 1.96 bits per heavy atom. The van der Waals surface area contributed by atoms with E-state index in [9.17, 15) is 13.6 Å². The molecule has 2 aromatic carbocycles. The van der Waals surface area contributed by atoms with Crippen molar-refractivity contribution in [3.05, 3.63) is 71.4 Å². The molecule has 1 amide bonds. The van der Waals surface area contributed by atoms with Gasteiger partial charge < -0.3 is 10.3 Å². The molecule has 0 aliphatic carbocycles. The van der Waals surface area contributed by atoms with E-state index in [-0.39, 0.29) is 5.56 Å². The number of nitrogens with one attached hydrogen (secondary N) is 2. The second kappa shape index (κ2) is 6.60. The number of hydrogen-bond donors (Lipinski definition) is 2. The first-order valence-electron chi connectivity index (χ1n) is 7.43. The van der Waals surface area contributed by atoms with E-state index in [4.69, 9.17) is 0 Å². The van der Waals surface area contributed by atoms with Crippen molar-refractivity contribution in [3.8, 4) is 0 Å². The van der Waals surface area contributed by atoms with Crippen LogP contribution in [-0.2, 0) is 6.42 Å². The predicted octanol–water partition coefficient (Wildman–Crippen LogP) is 3.81. The SMILES string of the molecule is O=C(NCCCc1c[nH]c2ccccc12)c1cc(F)ccc1F. The zero-order valence-electron chi connectivity index (χ0n) is 12.4. The number of para-hydroxylation sites is 1. The lowest BCUT2D eigenvalue weighted by molar-refractivity contribution is 0.0948. The van der Waals surface area contributed by atoms with Gasteiger partial charge in [0, 0.05) is 23.6 Å². The molecule has 2 N–H and O–H groups in total. The van der Waals surface area contributed by atoms with Gasteiger partial charge in [-0.1, -0.05) is 18.2 Å². The van der Waals surface area contributed by atoms with Crippen LogP contribution < -0.4 is 5.32 Å². The normalized spacial score (nSPS) is 10.9. The predicted molar refractivity (Wildman–Crippen MR) is 85.3 cm³/mol. The van der Waals surface area contributed by atoms with Crippen molar-refractivity contribution in [3.63, 3.8) is 0 Å². The van der Waals surface area contributed by atoms with Crippen LogP contribution in [0.2, 0.25) is 0 Å². The highest BCUT2D eigenvalue weighted by Gasteiger charge is 2.12. The van der Waals surface area contributed by atoms with Crippen LogP contribution >= 0.6 is 0 Å². The monoisotopic (exact) mass is 314 g/mol. The van der Waals surface area contributed by atoms with E-state index in [1.54, 1.807) is 0 Å². The molecule has 23 heavy (non-hydrogen) atoms. The largest absolute Gasteiger partial charge is 0.361 e. The van der Waals surface area contributed by atoms with Crippen LogP contribution in [-0.4, -0.2) is 17.4 Å². The molecule has 0 unspecified atom stereocenters. The number of benzene rings is 2. The van der Waals surface area contributed by atoms with Gasteiger partial charge in [-0.2, -0.15) is 0 Å². The third kappa shape index (κ3) is 3.39. The van der Waals surface area contributed by atoms with Gasteiger partial charge in [0.25, 0.3) is 5.91 Å². The molecule has 1 aromatic heterocycles. The summed E-state index contributed by atoms with van der Waals surface area (Å²) in [4.78, 5) is 15.1. The summed E-state index contributed by atoms with van der Waals surface area (Å²) in [5.41, 5.74) is 1.98. The van der Waals surface area contributed by atoms with Crippen molar-refractivity contribution in [1.29, 1.82) is 0 Å². The van der Waals surface area contributed by atoms with E-state index in [1.807, 2.05) is 30.5 Å². The summed E-state index contributed by atoms with van der Waals surface area (Å²) >= 11 is 0. The Morgan fingerprint density at radius 3 is 2.83 bits per heavy atom. The number of hydrogen-bond acceptors (Lipinski definition) is 1. The minimum atomic E-state index is -0.722. The van der Waals surface area contributed by atoms with Crippen LogP contribution in [0.25, 0.3) is 10.9 Å². The molecular weight excluding hydrogens is 298 g/mol. The Balaban J connectivity index is 1.55. The Labute approximate surface area is 132 Å². The molecule has 0 bridgehead atoms. The molecule has 1 heterocycles. The van der Waals surface area contributed by atoms with Crippen molar-refractivity contribution in [2.24, 2.45) is 0 Å². The quantitative estimate of drug-likeness (QED) is 0.691. The lowest BCUT2D eigenvalue weighted by atomic mass is 10.1. The summed E-state index contributed by atoms with van der Waals surface area (Å²) in [7, 11) is 0. The maximum atomic E-state index is 13.5. The Bertz CT molecular complexity index is 842. The smallest absolute Gasteiger partial charge is 0.254 e. The summed E-state index contributed by atoms with van der Waals surface area (Å²) in [6.07, 6.45) is 3.46. The van der Waals surface area contributed by atoms with Gasteiger partial charge in [-0.3, -0.25) is 4.79 Å². The van der Waals surface area contributed by atoms with E-state index >= 15 is 0 Å². The highest BCUT2D eigenvalue weighted by molar-refractivity contribution is 5.94. The fourth-order valence-electron chi connectivity index (χ4n) is 2.59. The summed E-state index contributed by atoms with van der Waals surface area (Å²) in [6, 6.07) is 10.9. The van der Waals surface area contributed by atoms with Crippen LogP contribution in [0.1, 0.15) is 22.3 Å². The van der Waals surface area contributed by atoms with E-state index < -0.39 is 17.5 Å². The molecule has 0 aliphatic rings. The number of halogens is 2. The van der Waals surface area contributed by atoms with E-state index in [2.05, 4.69) is 10.3 Å². The summed E-state index contributed by atoms with van der Waals surface area (Å²) in [5, 5.41) is 3.78. The molecule has 3 nitrogen and oxygen atoms in total. The van der Waals surface area contributed by atoms with Crippen LogP contribution in [0.15, 0.2) is 48.7 Å². The molecule has 3 aromatic rings. The number of H-pyrrole nitrogens is 1. The second-order valence-electron chi connectivity index (χ2n) is 5.34. The van der Waals surface area contributed by atoms with E-state index in [0.717, 1.165) is 35.5 Å². The first-order chi connectivity index (χ1) is 11.1. The third-order valence-electron chi connectivity index (χ3n) is 3.76. The molecule has 0 atom stereocenters. The standard InChI is InChI=1S/C18H16F2N2O/c19-13-7-8-16(20)15(10-13)18(23)21-9-3-4-12-11-22-17-6-2-1-5-14(12)17/h1-2,5-8,10-11,22H,3-4,9H2,(H,21,23). The van der Waals surface area contributed by atoms with Gasteiger partial charge in [-0.05, 0) is 42.7 Å². The zero-order chi connectivity index (χ0) is 16.2. The molecule has 0 saturated carbocycles. The average Bonchev–Trinajstić information content (AvgIpc) is 2.97. The number of aryl methyl sites for hydroxylation is 1. The van der Waals surface area contributed by atoms with Crippen molar-refractivity contribution < 1.29 is 13.6 Å². The molecule has 5 heteroatoms. The van der Waals surface area contributed by atoms with Gasteiger partial charge in [0.05, 0.1) is 5.56 Å². The Morgan fingerprint density at radius 1 is 1.13 bits per heavy atom. The minimum Gasteiger partial charge on any atom is -0.361 e. The first-order valence-corrected chi connectivity index (χ1v) is 7.43. The molecule has 0 saturated heterocycles. The minimum absolute atomic E-state index is 0.267. The molecule has 0 radical (unpaired) electrons. The maximum Gasteiger partial charge on any atom is 0.254 e. The Hall–Kier alpha value is -2.69. The van der Waals surface area contributed by atoms with E-state index in [0.29, 0.717) is 13.0 Å². The third-order valence-corrected chi connectivity index (χ3v) is 3.76. The van der Waals surface area contributed by atoms with Crippen molar-refractivity contribution in [2.75, 3.05) is 6.54 Å². The molecule has 3 rings (SSSR count). The molecule has 0 aliphatic heterocycles. The summed E-state index contributed by atoms with van der Waals surface area (Å²) in [5.74, 6) is -1.95. The van der Waals surface area contributed by atoms with Crippen LogP contribution in [0, 0.1) is 11.6 Å². The van der Waals surface area contributed by atoms with Gasteiger partial charge in [0.2, 0.25) is 0 Å². The molecular formula is C18H16F2N2O. The lowest BCUT2D eigenvalue weighted by Gasteiger charge is -2.06. The molecule has 0 spiro atoms. The van der Waals surface area contributed by atoms with Gasteiger partial charge in [-0.15, -0.1) is 0 Å². The highest BCUT2D eigenvalue weighted by atomic mass is 19.1. The van der Waals surface area contributed by atoms with Gasteiger partial charge >= 0.3 is 0 Å². The Kier molecular flexibility index (Phi) is 4.37. The second-order valence-corrected chi connectivity index (χ2v) is 5.34. The fourth-order valence-corrected chi connectivity index (χ4v) is 2.59. The van der Waals surface area contributed by atoms with Gasteiger partial charge in [0.1, 0.15) is 11.6 Å². The van der Waals surface area contributed by atoms with Gasteiger partial charge in [-0.25, -0.2) is 8.78 Å². The average molecular weight is 314 g/mol. The van der Waals surface area contributed by atoms with Crippen molar-refractivity contribution >= 4 is 16.8 Å². The van der Waals surface area contributed by atoms with Crippen LogP contribution in [0.3, 0.4) is 0 Å². The number of aromatic amines is 1. The number of carbonyl (C=O) groups excluding carboxylic acids is 1. The number of aromatic nitrogens is 1. The van der Waals surface area contributed by atoms with Crippen LogP contribution in [0.5, 0.6) is 0 Å². The van der Waals surface area contributed by atoms with Crippen molar-refractivity contribution in [1.82, 2.24) is 10.3 Å². The first kappa shape index (κ1) is 15.2. The zero-order valence-corrected chi connectivity index (χ0v) is 12.4. The number of rotatable bonds is 5. The number of amides is 1. The maximum absolute atomic E-state index is 13.5. The van der Waals surface area contributed by atoms with Gasteiger partial charge in [0.15, 0.2) is 0 Å². The molecule has 0 fully saturated rings. The summed E-state index contributed by atoms with van der Waals surface area (Å²) in [6.45, 7) is 0.397. The number of fused-ring (bicyclic) bond motifs is 1. The topological polar surface area (TPSA) is 44.9 Å². The fraction of sp³-hybridized carbons (Fsp3) is 0.167. The summed E-state index contributed by atoms with van der Waals surface area (Å²) < 4.78 is 26.6. The highest BCUT2D eigenvalue weighted by Crippen LogP contribution is 2.18. The number of carbonyl (C=O) groups is 1. The van der Waals surface area contributed by atoms with Crippen LogP contribution in [0.4, 0.5) is 8.78 Å². The lowest BCUT2D eigenvalue weighted by Crippen LogP contribution is -2.25. The van der Waals surface area contributed by atoms with Crippen molar-refractivity contribution in [2.45, 2.75) is 12.8 Å².